The SMILES string of the molecule is COc1cc2c(C#N)c(SC)c3c(c2cc1OC)-c1cccc2cccc-3c12. The first kappa shape index (κ1) is 17.0. The van der Waals surface area contributed by atoms with Gasteiger partial charge in [0.1, 0.15) is 6.07 Å². The van der Waals surface area contributed by atoms with Crippen LogP contribution in [-0.2, 0) is 0 Å². The lowest BCUT2D eigenvalue weighted by molar-refractivity contribution is 0.356. The molecule has 0 aromatic heterocycles. The fourth-order valence-corrected chi connectivity index (χ4v) is 5.17. The van der Waals surface area contributed by atoms with E-state index in [0.717, 1.165) is 21.2 Å². The maximum Gasteiger partial charge on any atom is 0.161 e. The van der Waals surface area contributed by atoms with E-state index in [4.69, 9.17) is 9.47 Å². The lowest BCUT2D eigenvalue weighted by atomic mass is 9.92. The molecule has 1 aliphatic rings. The maximum atomic E-state index is 10.0. The summed E-state index contributed by atoms with van der Waals surface area (Å²) in [4.78, 5) is 1.01. The Morgan fingerprint density at radius 2 is 1.46 bits per heavy atom. The first-order valence-corrected chi connectivity index (χ1v) is 10.2. The molecule has 0 fully saturated rings. The van der Waals surface area contributed by atoms with Gasteiger partial charge in [-0.25, -0.2) is 0 Å². The van der Waals surface area contributed by atoms with Crippen molar-refractivity contribution in [2.45, 2.75) is 4.90 Å². The fourth-order valence-electron chi connectivity index (χ4n) is 4.40. The monoisotopic (exact) mass is 383 g/mol. The van der Waals surface area contributed by atoms with E-state index in [1.165, 1.54) is 27.5 Å². The van der Waals surface area contributed by atoms with Gasteiger partial charge in [-0.05, 0) is 51.2 Å². The lowest BCUT2D eigenvalue weighted by Crippen LogP contribution is -1.95. The first-order chi connectivity index (χ1) is 13.7. The molecule has 0 amide bonds. The molecule has 0 saturated carbocycles. The van der Waals surface area contributed by atoms with Crippen LogP contribution in [0.1, 0.15) is 5.56 Å². The van der Waals surface area contributed by atoms with Crippen molar-refractivity contribution in [3.8, 4) is 39.8 Å². The molecule has 0 radical (unpaired) electrons. The maximum absolute atomic E-state index is 10.0. The molecule has 0 bridgehead atoms. The number of nitrogens with zero attached hydrogens (tertiary/aromatic N) is 1. The zero-order chi connectivity index (χ0) is 19.4. The molecule has 0 saturated heterocycles. The van der Waals surface area contributed by atoms with E-state index >= 15 is 0 Å². The molecule has 136 valence electrons. The van der Waals surface area contributed by atoms with Crippen LogP contribution in [0.15, 0.2) is 53.4 Å². The Morgan fingerprint density at radius 3 is 2.04 bits per heavy atom. The van der Waals surface area contributed by atoms with Gasteiger partial charge in [0, 0.05) is 15.8 Å². The van der Waals surface area contributed by atoms with E-state index in [9.17, 15) is 5.26 Å². The minimum absolute atomic E-state index is 0.632. The Bertz CT molecular complexity index is 1330. The number of ether oxygens (including phenoxy) is 2. The number of rotatable bonds is 3. The predicted octanol–water partition coefficient (Wildman–Crippen LogP) is 6.25. The van der Waals surface area contributed by atoms with Gasteiger partial charge < -0.3 is 9.47 Å². The van der Waals surface area contributed by atoms with E-state index in [1.807, 2.05) is 18.4 Å². The quantitative estimate of drug-likeness (QED) is 0.345. The van der Waals surface area contributed by atoms with Crippen molar-refractivity contribution < 1.29 is 9.47 Å². The van der Waals surface area contributed by atoms with Gasteiger partial charge in [-0.2, -0.15) is 5.26 Å². The number of benzene rings is 4. The Hall–Kier alpha value is -3.16. The summed E-state index contributed by atoms with van der Waals surface area (Å²) in [6, 6.07) is 19.2. The van der Waals surface area contributed by atoms with E-state index < -0.39 is 0 Å². The summed E-state index contributed by atoms with van der Waals surface area (Å²) in [7, 11) is 3.26. The van der Waals surface area contributed by atoms with Crippen molar-refractivity contribution in [1.82, 2.24) is 0 Å². The highest BCUT2D eigenvalue weighted by atomic mass is 32.2. The second-order valence-electron chi connectivity index (χ2n) is 6.73. The number of hydrogen-bond acceptors (Lipinski definition) is 4. The van der Waals surface area contributed by atoms with Crippen molar-refractivity contribution in [3.05, 3.63) is 54.1 Å². The molecule has 0 N–H and O–H groups in total. The van der Waals surface area contributed by atoms with Crippen LogP contribution < -0.4 is 9.47 Å². The number of methoxy groups -OCH3 is 2. The van der Waals surface area contributed by atoms with Gasteiger partial charge in [-0.15, -0.1) is 11.8 Å². The topological polar surface area (TPSA) is 42.2 Å². The van der Waals surface area contributed by atoms with E-state index in [-0.39, 0.29) is 0 Å². The minimum atomic E-state index is 0.632. The van der Waals surface area contributed by atoms with Crippen LogP contribution in [0.25, 0.3) is 43.8 Å². The van der Waals surface area contributed by atoms with Crippen molar-refractivity contribution in [2.24, 2.45) is 0 Å². The number of nitriles is 1. The molecule has 1 aliphatic carbocycles. The second-order valence-corrected chi connectivity index (χ2v) is 7.55. The number of hydrogen-bond donors (Lipinski definition) is 0. The van der Waals surface area contributed by atoms with Crippen LogP contribution in [0.2, 0.25) is 0 Å². The van der Waals surface area contributed by atoms with Crippen molar-refractivity contribution in [3.63, 3.8) is 0 Å². The molecule has 0 spiro atoms. The highest BCUT2D eigenvalue weighted by molar-refractivity contribution is 7.98. The third-order valence-electron chi connectivity index (χ3n) is 5.53. The third-order valence-corrected chi connectivity index (χ3v) is 6.34. The van der Waals surface area contributed by atoms with Crippen LogP contribution >= 0.6 is 11.8 Å². The predicted molar refractivity (Wildman–Crippen MR) is 115 cm³/mol. The largest absolute Gasteiger partial charge is 0.493 e. The Labute approximate surface area is 167 Å². The van der Waals surface area contributed by atoms with Crippen LogP contribution in [0.4, 0.5) is 0 Å². The summed E-state index contributed by atoms with van der Waals surface area (Å²) in [5, 5.41) is 14.4. The average Bonchev–Trinajstić information content (AvgIpc) is 3.08. The van der Waals surface area contributed by atoms with E-state index in [2.05, 4.69) is 42.5 Å². The van der Waals surface area contributed by atoms with Gasteiger partial charge in [0.15, 0.2) is 11.5 Å². The zero-order valence-electron chi connectivity index (χ0n) is 15.8. The highest BCUT2D eigenvalue weighted by Gasteiger charge is 2.29. The normalized spacial score (nSPS) is 11.5. The summed E-state index contributed by atoms with van der Waals surface area (Å²) < 4.78 is 11.1. The molecular formula is C24H17NO2S. The van der Waals surface area contributed by atoms with Gasteiger partial charge in [0.05, 0.1) is 19.8 Å². The molecule has 5 rings (SSSR count). The molecule has 28 heavy (non-hydrogen) atoms. The van der Waals surface area contributed by atoms with Gasteiger partial charge >= 0.3 is 0 Å². The molecule has 0 heterocycles. The van der Waals surface area contributed by atoms with Gasteiger partial charge in [0.2, 0.25) is 0 Å². The third kappa shape index (κ3) is 2.05. The standard InChI is InChI=1S/C24H17NO2S/c1-26-19-10-16-17(11-20(19)27-2)22-14-8-4-6-13-7-5-9-15(21(13)14)23(22)24(28-3)18(16)12-25/h4-11H,1-3H3. The minimum Gasteiger partial charge on any atom is -0.493 e. The summed E-state index contributed by atoms with van der Waals surface area (Å²) in [6.45, 7) is 0. The van der Waals surface area contributed by atoms with E-state index in [0.29, 0.717) is 17.1 Å². The van der Waals surface area contributed by atoms with E-state index in [1.54, 1.807) is 26.0 Å². The van der Waals surface area contributed by atoms with Gasteiger partial charge in [-0.1, -0.05) is 36.4 Å². The van der Waals surface area contributed by atoms with Crippen LogP contribution in [0, 0.1) is 11.3 Å². The summed E-state index contributed by atoms with van der Waals surface area (Å²) in [5.74, 6) is 1.30. The molecule has 0 atom stereocenters. The fraction of sp³-hybridized carbons (Fsp3) is 0.125. The van der Waals surface area contributed by atoms with Crippen LogP contribution in [-0.4, -0.2) is 20.5 Å². The van der Waals surface area contributed by atoms with Crippen LogP contribution in [0.5, 0.6) is 11.5 Å². The molecular weight excluding hydrogens is 366 g/mol. The molecule has 3 nitrogen and oxygen atoms in total. The lowest BCUT2D eigenvalue weighted by Gasteiger charge is -2.17. The highest BCUT2D eigenvalue weighted by Crippen LogP contribution is 2.55. The molecule has 4 heteroatoms. The Morgan fingerprint density at radius 1 is 0.857 bits per heavy atom. The summed E-state index contributed by atoms with van der Waals surface area (Å²) in [6.07, 6.45) is 2.03. The van der Waals surface area contributed by atoms with Gasteiger partial charge in [-0.3, -0.25) is 0 Å². The number of fused-ring (bicyclic) bond motifs is 5. The Balaban J connectivity index is 2.07. The smallest absolute Gasteiger partial charge is 0.161 e. The van der Waals surface area contributed by atoms with Crippen LogP contribution in [0.3, 0.4) is 0 Å². The zero-order valence-corrected chi connectivity index (χ0v) is 16.6. The molecule has 0 aliphatic heterocycles. The van der Waals surface area contributed by atoms with Crippen molar-refractivity contribution >= 4 is 33.3 Å². The van der Waals surface area contributed by atoms with Gasteiger partial charge in [0.25, 0.3) is 0 Å². The molecule has 0 unspecified atom stereocenters. The first-order valence-electron chi connectivity index (χ1n) is 8.95. The number of thioether (sulfide) groups is 1. The van der Waals surface area contributed by atoms with Crippen molar-refractivity contribution in [1.29, 1.82) is 5.26 Å². The summed E-state index contributed by atoms with van der Waals surface area (Å²) >= 11 is 1.62. The Kier molecular flexibility index (Phi) is 3.75. The average molecular weight is 383 g/mol. The second kappa shape index (κ2) is 6.19. The summed E-state index contributed by atoms with van der Waals surface area (Å²) in [5.41, 5.74) is 5.41. The van der Waals surface area contributed by atoms with Crippen molar-refractivity contribution in [2.75, 3.05) is 20.5 Å². The molecule has 4 aromatic rings. The molecule has 4 aromatic carbocycles.